The molecule has 0 spiro atoms. The molecule has 1 fully saturated rings. The van der Waals surface area contributed by atoms with E-state index in [4.69, 9.17) is 5.11 Å². The minimum atomic E-state index is 0.118. The third kappa shape index (κ3) is 2.64. The molecule has 88 valence electrons. The Kier molecular flexibility index (Phi) is 4.00. The highest BCUT2D eigenvalue weighted by Crippen LogP contribution is 2.25. The van der Waals surface area contributed by atoms with E-state index in [1.165, 1.54) is 11.3 Å². The summed E-state index contributed by atoms with van der Waals surface area (Å²) in [6.45, 7) is 1.77. The van der Waals surface area contributed by atoms with Crippen molar-refractivity contribution in [1.29, 1.82) is 0 Å². The van der Waals surface area contributed by atoms with Gasteiger partial charge in [-0.25, -0.2) is 0 Å². The fraction of sp³-hybridized carbons (Fsp3) is 0.545. The van der Waals surface area contributed by atoms with Crippen LogP contribution in [0.1, 0.15) is 22.5 Å². The first-order chi connectivity index (χ1) is 7.70. The molecule has 1 aromatic rings. The predicted molar refractivity (Wildman–Crippen MR) is 67.7 cm³/mol. The molecule has 0 saturated carbocycles. The molecule has 1 aromatic heterocycles. The minimum Gasteiger partial charge on any atom is -0.396 e. The van der Waals surface area contributed by atoms with Crippen molar-refractivity contribution in [3.8, 4) is 0 Å². The summed E-state index contributed by atoms with van der Waals surface area (Å²) in [5, 5.41) is 9.03. The Morgan fingerprint density at radius 2 is 2.19 bits per heavy atom. The lowest BCUT2D eigenvalue weighted by Gasteiger charge is -2.30. The van der Waals surface area contributed by atoms with E-state index < -0.39 is 0 Å². The third-order valence-electron chi connectivity index (χ3n) is 2.94. The first-order valence-corrected chi connectivity index (χ1v) is 6.97. The van der Waals surface area contributed by atoms with Crippen LogP contribution in [0.25, 0.3) is 0 Å². The van der Waals surface area contributed by atoms with Gasteiger partial charge in [-0.05, 0) is 46.8 Å². The van der Waals surface area contributed by atoms with E-state index in [0.717, 1.165) is 34.6 Å². The highest BCUT2D eigenvalue weighted by molar-refractivity contribution is 9.11. The summed E-state index contributed by atoms with van der Waals surface area (Å²) in [7, 11) is 0. The standard InChI is InChI=1S/C11H14BrNO2S/c12-10-2-1-9(16-10)11(15)13-5-3-8(7-14)4-6-13/h1-2,8,14H,3-7H2. The number of thiophene rings is 1. The molecule has 0 radical (unpaired) electrons. The van der Waals surface area contributed by atoms with Gasteiger partial charge in [0.05, 0.1) is 8.66 Å². The normalized spacial score (nSPS) is 17.8. The fourth-order valence-corrected chi connectivity index (χ4v) is 3.26. The van der Waals surface area contributed by atoms with E-state index in [-0.39, 0.29) is 12.5 Å². The van der Waals surface area contributed by atoms with Crippen LogP contribution in [0.4, 0.5) is 0 Å². The number of carbonyl (C=O) groups is 1. The van der Waals surface area contributed by atoms with Crippen LogP contribution in [0.5, 0.6) is 0 Å². The zero-order valence-electron chi connectivity index (χ0n) is 8.86. The molecule has 16 heavy (non-hydrogen) atoms. The Balaban J connectivity index is 1.96. The van der Waals surface area contributed by atoms with Crippen LogP contribution < -0.4 is 0 Å². The molecule has 1 saturated heterocycles. The number of hydrogen-bond donors (Lipinski definition) is 1. The van der Waals surface area contributed by atoms with E-state index in [2.05, 4.69) is 15.9 Å². The molecule has 0 unspecified atom stereocenters. The van der Waals surface area contributed by atoms with Gasteiger partial charge in [-0.2, -0.15) is 0 Å². The van der Waals surface area contributed by atoms with E-state index >= 15 is 0 Å². The number of hydrogen-bond acceptors (Lipinski definition) is 3. The zero-order chi connectivity index (χ0) is 11.5. The number of nitrogens with zero attached hydrogens (tertiary/aromatic N) is 1. The third-order valence-corrected chi connectivity index (χ3v) is 4.56. The zero-order valence-corrected chi connectivity index (χ0v) is 11.3. The number of rotatable bonds is 2. The van der Waals surface area contributed by atoms with Crippen molar-refractivity contribution in [2.75, 3.05) is 19.7 Å². The average Bonchev–Trinajstić information content (AvgIpc) is 2.75. The largest absolute Gasteiger partial charge is 0.396 e. The van der Waals surface area contributed by atoms with E-state index in [9.17, 15) is 4.79 Å². The van der Waals surface area contributed by atoms with Gasteiger partial charge in [0.2, 0.25) is 0 Å². The van der Waals surface area contributed by atoms with Gasteiger partial charge in [0.15, 0.2) is 0 Å². The van der Waals surface area contributed by atoms with E-state index in [0.29, 0.717) is 5.92 Å². The lowest BCUT2D eigenvalue weighted by atomic mass is 9.98. The highest BCUT2D eigenvalue weighted by atomic mass is 79.9. The topological polar surface area (TPSA) is 40.5 Å². The molecule has 1 aliphatic rings. The molecule has 2 rings (SSSR count). The molecule has 3 nitrogen and oxygen atoms in total. The monoisotopic (exact) mass is 303 g/mol. The van der Waals surface area contributed by atoms with Gasteiger partial charge in [0, 0.05) is 19.7 Å². The summed E-state index contributed by atoms with van der Waals surface area (Å²) in [6.07, 6.45) is 1.82. The molecule has 1 aliphatic heterocycles. The number of aliphatic hydroxyl groups excluding tert-OH is 1. The van der Waals surface area contributed by atoms with Gasteiger partial charge < -0.3 is 10.0 Å². The highest BCUT2D eigenvalue weighted by Gasteiger charge is 2.23. The van der Waals surface area contributed by atoms with Crippen molar-refractivity contribution in [2.45, 2.75) is 12.8 Å². The number of piperidine rings is 1. The molecule has 0 bridgehead atoms. The van der Waals surface area contributed by atoms with Crippen molar-refractivity contribution in [2.24, 2.45) is 5.92 Å². The number of amides is 1. The van der Waals surface area contributed by atoms with Gasteiger partial charge in [-0.3, -0.25) is 4.79 Å². The molecule has 1 N–H and O–H groups in total. The number of likely N-dealkylation sites (tertiary alicyclic amines) is 1. The van der Waals surface area contributed by atoms with Crippen LogP contribution in [-0.4, -0.2) is 35.6 Å². The van der Waals surface area contributed by atoms with Crippen LogP contribution in [-0.2, 0) is 0 Å². The quantitative estimate of drug-likeness (QED) is 0.911. The van der Waals surface area contributed by atoms with E-state index in [1.54, 1.807) is 0 Å². The van der Waals surface area contributed by atoms with Crippen LogP contribution >= 0.6 is 27.3 Å². The van der Waals surface area contributed by atoms with Crippen LogP contribution in [0.2, 0.25) is 0 Å². The van der Waals surface area contributed by atoms with Crippen LogP contribution in [0, 0.1) is 5.92 Å². The Bertz CT molecular complexity index is 372. The van der Waals surface area contributed by atoms with E-state index in [1.807, 2.05) is 17.0 Å². The van der Waals surface area contributed by atoms with Gasteiger partial charge in [0.25, 0.3) is 5.91 Å². The van der Waals surface area contributed by atoms with Crippen molar-refractivity contribution < 1.29 is 9.90 Å². The maximum absolute atomic E-state index is 12.1. The maximum Gasteiger partial charge on any atom is 0.263 e. The summed E-state index contributed by atoms with van der Waals surface area (Å²) < 4.78 is 0.987. The van der Waals surface area contributed by atoms with Crippen molar-refractivity contribution >= 4 is 33.2 Å². The molecule has 0 aromatic carbocycles. The molecule has 0 atom stereocenters. The SMILES string of the molecule is O=C(c1ccc(Br)s1)N1CCC(CO)CC1. The molecular formula is C11H14BrNO2S. The van der Waals surface area contributed by atoms with Crippen LogP contribution in [0.15, 0.2) is 15.9 Å². The van der Waals surface area contributed by atoms with Gasteiger partial charge in [0.1, 0.15) is 0 Å². The summed E-state index contributed by atoms with van der Waals surface area (Å²) >= 11 is 4.83. The first kappa shape index (κ1) is 12.1. The molecular weight excluding hydrogens is 290 g/mol. The number of carbonyl (C=O) groups excluding carboxylic acids is 1. The number of halogens is 1. The Hall–Kier alpha value is -0.390. The molecule has 2 heterocycles. The summed E-state index contributed by atoms with van der Waals surface area (Å²) in [4.78, 5) is 14.7. The Morgan fingerprint density at radius 1 is 1.50 bits per heavy atom. The van der Waals surface area contributed by atoms with Gasteiger partial charge in [-0.15, -0.1) is 11.3 Å². The molecule has 1 amide bonds. The second kappa shape index (κ2) is 5.29. The smallest absolute Gasteiger partial charge is 0.263 e. The lowest BCUT2D eigenvalue weighted by Crippen LogP contribution is -2.38. The van der Waals surface area contributed by atoms with Crippen molar-refractivity contribution in [3.05, 3.63) is 20.8 Å². The summed E-state index contributed by atoms with van der Waals surface area (Å²) in [5.74, 6) is 0.492. The Morgan fingerprint density at radius 3 is 2.69 bits per heavy atom. The van der Waals surface area contributed by atoms with Crippen LogP contribution in [0.3, 0.4) is 0 Å². The van der Waals surface area contributed by atoms with Crippen molar-refractivity contribution in [3.63, 3.8) is 0 Å². The fourth-order valence-electron chi connectivity index (χ4n) is 1.90. The van der Waals surface area contributed by atoms with Gasteiger partial charge in [-0.1, -0.05) is 0 Å². The van der Waals surface area contributed by atoms with Crippen molar-refractivity contribution in [1.82, 2.24) is 4.90 Å². The minimum absolute atomic E-state index is 0.118. The first-order valence-electron chi connectivity index (χ1n) is 5.36. The van der Waals surface area contributed by atoms with Gasteiger partial charge >= 0.3 is 0 Å². The molecule has 5 heteroatoms. The second-order valence-electron chi connectivity index (χ2n) is 4.02. The average molecular weight is 304 g/mol. The number of aliphatic hydroxyl groups is 1. The maximum atomic E-state index is 12.1. The lowest BCUT2D eigenvalue weighted by molar-refractivity contribution is 0.0655. The predicted octanol–water partition coefficient (Wildman–Crippen LogP) is 2.36. The molecule has 0 aliphatic carbocycles. The second-order valence-corrected chi connectivity index (χ2v) is 6.48. The summed E-state index contributed by atoms with van der Waals surface area (Å²) in [6, 6.07) is 3.76. The Labute approximate surface area is 107 Å². The summed E-state index contributed by atoms with van der Waals surface area (Å²) in [5.41, 5.74) is 0.